The van der Waals surface area contributed by atoms with Crippen molar-refractivity contribution in [1.29, 1.82) is 0 Å². The van der Waals surface area contributed by atoms with Gasteiger partial charge >= 0.3 is 0 Å². The van der Waals surface area contributed by atoms with Gasteiger partial charge in [-0.15, -0.1) is 0 Å². The Kier molecular flexibility index (Phi) is 12.1. The van der Waals surface area contributed by atoms with Crippen LogP contribution in [-0.2, 0) is 22.6 Å². The van der Waals surface area contributed by atoms with Crippen LogP contribution in [0.3, 0.4) is 0 Å². The van der Waals surface area contributed by atoms with Gasteiger partial charge in [-0.3, -0.25) is 4.79 Å². The maximum Gasteiger partial charge on any atom is 0.251 e. The fraction of sp³-hybridized carbons (Fsp3) is 0.267. The van der Waals surface area contributed by atoms with E-state index < -0.39 is 0 Å². The van der Waals surface area contributed by atoms with Crippen molar-refractivity contribution in [2.45, 2.75) is 13.1 Å². The zero-order valence-corrected chi connectivity index (χ0v) is 23.5. The van der Waals surface area contributed by atoms with Crippen molar-refractivity contribution in [2.75, 3.05) is 55.5 Å². The van der Waals surface area contributed by atoms with E-state index in [1.807, 2.05) is 0 Å². The molecule has 11 nitrogen and oxygen atoms in total. The van der Waals surface area contributed by atoms with E-state index in [9.17, 15) is 13.6 Å². The number of halogens is 2. The van der Waals surface area contributed by atoms with Crippen molar-refractivity contribution in [3.8, 4) is 0 Å². The van der Waals surface area contributed by atoms with Gasteiger partial charge in [-0.1, -0.05) is 30.3 Å². The Bertz CT molecular complexity index is 1370. The van der Waals surface area contributed by atoms with Gasteiger partial charge in [-0.05, 0) is 53.6 Å². The lowest BCUT2D eigenvalue weighted by Crippen LogP contribution is -2.27. The van der Waals surface area contributed by atoms with Gasteiger partial charge in [0, 0.05) is 37.4 Å². The van der Waals surface area contributed by atoms with E-state index >= 15 is 0 Å². The molecule has 0 bridgehead atoms. The predicted octanol–water partition coefficient (Wildman–Crippen LogP) is 3.84. The van der Waals surface area contributed by atoms with Crippen LogP contribution in [0.5, 0.6) is 0 Å². The molecule has 0 saturated heterocycles. The highest BCUT2D eigenvalue weighted by Crippen LogP contribution is 2.18. The lowest BCUT2D eigenvalue weighted by atomic mass is 10.2. The van der Waals surface area contributed by atoms with Crippen LogP contribution in [0.1, 0.15) is 21.5 Å². The van der Waals surface area contributed by atoms with E-state index in [1.54, 1.807) is 48.5 Å². The van der Waals surface area contributed by atoms with Gasteiger partial charge in [0.1, 0.15) is 11.6 Å². The molecule has 0 aliphatic carbocycles. The number of anilines is 4. The molecule has 43 heavy (non-hydrogen) atoms. The first-order chi connectivity index (χ1) is 21.0. The second-order valence-corrected chi connectivity index (χ2v) is 9.24. The molecule has 0 atom stereocenters. The molecular weight excluding hydrogens is 558 g/mol. The lowest BCUT2D eigenvalue weighted by Gasteiger charge is -2.12. The van der Waals surface area contributed by atoms with E-state index in [1.165, 1.54) is 24.3 Å². The highest BCUT2D eigenvalue weighted by molar-refractivity contribution is 5.95. The number of benzene rings is 3. The van der Waals surface area contributed by atoms with Gasteiger partial charge in [0.05, 0.1) is 26.4 Å². The Balaban J connectivity index is 1.40. The summed E-state index contributed by atoms with van der Waals surface area (Å²) in [5.74, 6) is -0.143. The summed E-state index contributed by atoms with van der Waals surface area (Å²) in [4.78, 5) is 26.0. The van der Waals surface area contributed by atoms with Crippen LogP contribution in [0, 0.1) is 11.6 Å². The van der Waals surface area contributed by atoms with Crippen molar-refractivity contribution in [2.24, 2.45) is 5.73 Å². The van der Waals surface area contributed by atoms with Crippen LogP contribution < -0.4 is 27.0 Å². The molecule has 226 valence electrons. The van der Waals surface area contributed by atoms with Crippen LogP contribution in [0.15, 0.2) is 72.8 Å². The molecule has 0 aliphatic rings. The number of hydrogen-bond acceptors (Lipinski definition) is 10. The number of rotatable bonds is 17. The number of nitrogens with two attached hydrogens (primary N) is 1. The van der Waals surface area contributed by atoms with Crippen LogP contribution >= 0.6 is 0 Å². The first-order valence-corrected chi connectivity index (χ1v) is 13.7. The molecule has 0 fully saturated rings. The molecule has 0 aliphatic heterocycles. The van der Waals surface area contributed by atoms with Crippen molar-refractivity contribution in [3.63, 3.8) is 0 Å². The minimum Gasteiger partial charge on any atom is -0.378 e. The summed E-state index contributed by atoms with van der Waals surface area (Å²) < 4.78 is 37.3. The Morgan fingerprint density at radius 2 is 1.28 bits per heavy atom. The number of nitrogens with zero attached hydrogens (tertiary/aromatic N) is 3. The Hall–Kier alpha value is -4.72. The van der Waals surface area contributed by atoms with Crippen LogP contribution in [0.2, 0.25) is 0 Å². The van der Waals surface area contributed by atoms with Gasteiger partial charge < -0.3 is 36.5 Å². The molecule has 3 aromatic carbocycles. The van der Waals surface area contributed by atoms with Crippen LogP contribution in [0.25, 0.3) is 0 Å². The van der Waals surface area contributed by atoms with Gasteiger partial charge in [0.25, 0.3) is 5.91 Å². The number of amides is 1. The molecule has 0 unspecified atom stereocenters. The standard InChI is InChI=1S/C30H34F2N8O3/c31-24-8-4-21(5-9-24)19-35-28-38-29(36-20-22-6-10-25(32)11-7-22)40-30(39-28)37-26-3-1-2-23(18-26)27(41)34-13-15-43-17-16-42-14-12-33/h1-11,18H,12-17,19-20,33H2,(H,34,41)(H3,35,36,37,38,39,40). The van der Waals surface area contributed by atoms with Crippen molar-refractivity contribution in [1.82, 2.24) is 20.3 Å². The largest absolute Gasteiger partial charge is 0.378 e. The van der Waals surface area contributed by atoms with E-state index in [0.29, 0.717) is 63.9 Å². The van der Waals surface area contributed by atoms with Gasteiger partial charge in [-0.25, -0.2) is 8.78 Å². The maximum absolute atomic E-state index is 13.3. The molecule has 1 amide bonds. The summed E-state index contributed by atoms with van der Waals surface area (Å²) in [6.45, 7) is 3.20. The molecule has 6 N–H and O–H groups in total. The molecule has 0 radical (unpaired) electrons. The predicted molar refractivity (Wildman–Crippen MR) is 160 cm³/mol. The second kappa shape index (κ2) is 16.7. The third kappa shape index (κ3) is 10.9. The number of nitrogens with one attached hydrogen (secondary N) is 4. The number of hydrogen-bond donors (Lipinski definition) is 5. The van der Waals surface area contributed by atoms with Gasteiger partial charge in [0.2, 0.25) is 17.8 Å². The monoisotopic (exact) mass is 592 g/mol. The first kappa shape index (κ1) is 31.2. The average Bonchev–Trinajstić information content (AvgIpc) is 3.02. The molecule has 1 aromatic heterocycles. The molecular formula is C30H34F2N8O3. The normalized spacial score (nSPS) is 10.8. The van der Waals surface area contributed by atoms with E-state index in [2.05, 4.69) is 36.2 Å². The molecule has 13 heteroatoms. The summed E-state index contributed by atoms with van der Waals surface area (Å²) in [6.07, 6.45) is 0. The minimum atomic E-state index is -0.323. The highest BCUT2D eigenvalue weighted by Gasteiger charge is 2.10. The van der Waals surface area contributed by atoms with E-state index in [-0.39, 0.29) is 35.4 Å². The fourth-order valence-corrected chi connectivity index (χ4v) is 3.77. The molecule has 0 saturated carbocycles. The Labute approximate surface area is 248 Å². The zero-order valence-electron chi connectivity index (χ0n) is 23.5. The second-order valence-electron chi connectivity index (χ2n) is 9.24. The quantitative estimate of drug-likeness (QED) is 0.115. The van der Waals surface area contributed by atoms with Crippen LogP contribution in [0.4, 0.5) is 32.3 Å². The fourth-order valence-electron chi connectivity index (χ4n) is 3.77. The minimum absolute atomic E-state index is 0.223. The summed E-state index contributed by atoms with van der Waals surface area (Å²) in [7, 11) is 0. The third-order valence-electron chi connectivity index (χ3n) is 5.91. The molecule has 4 aromatic rings. The highest BCUT2D eigenvalue weighted by atomic mass is 19.1. The summed E-state index contributed by atoms with van der Waals surface area (Å²) in [6, 6.07) is 19.1. The maximum atomic E-state index is 13.3. The summed E-state index contributed by atoms with van der Waals surface area (Å²) in [5.41, 5.74) is 8.06. The number of ether oxygens (including phenoxy) is 2. The number of carbonyl (C=O) groups excluding carboxylic acids is 1. The van der Waals surface area contributed by atoms with Crippen LogP contribution in [-0.4, -0.2) is 60.4 Å². The number of carbonyl (C=O) groups is 1. The number of aromatic nitrogens is 3. The van der Waals surface area contributed by atoms with Crippen molar-refractivity contribution < 1.29 is 23.0 Å². The summed E-state index contributed by atoms with van der Waals surface area (Å²) in [5, 5.41) is 12.2. The SMILES string of the molecule is NCCOCCOCCNC(=O)c1cccc(Nc2nc(NCc3ccc(F)cc3)nc(NCc3ccc(F)cc3)n2)c1. The molecule has 1 heterocycles. The summed E-state index contributed by atoms with van der Waals surface area (Å²) >= 11 is 0. The smallest absolute Gasteiger partial charge is 0.251 e. The van der Waals surface area contributed by atoms with E-state index in [0.717, 1.165) is 11.1 Å². The lowest BCUT2D eigenvalue weighted by molar-refractivity contribution is 0.0511. The zero-order chi connectivity index (χ0) is 30.3. The first-order valence-electron chi connectivity index (χ1n) is 13.7. The van der Waals surface area contributed by atoms with E-state index in [4.69, 9.17) is 15.2 Å². The molecule has 4 rings (SSSR count). The average molecular weight is 593 g/mol. The Morgan fingerprint density at radius 1 is 0.721 bits per heavy atom. The molecule has 0 spiro atoms. The third-order valence-corrected chi connectivity index (χ3v) is 5.91. The van der Waals surface area contributed by atoms with Crippen molar-refractivity contribution >= 4 is 29.4 Å². The van der Waals surface area contributed by atoms with Crippen molar-refractivity contribution in [3.05, 3.63) is 101 Å². The van der Waals surface area contributed by atoms with Gasteiger partial charge in [-0.2, -0.15) is 15.0 Å². The Morgan fingerprint density at radius 3 is 1.86 bits per heavy atom. The van der Waals surface area contributed by atoms with Gasteiger partial charge in [0.15, 0.2) is 0 Å². The topological polar surface area (TPSA) is 148 Å².